The van der Waals surface area contributed by atoms with Crippen molar-refractivity contribution < 1.29 is 17.6 Å². The van der Waals surface area contributed by atoms with E-state index >= 15 is 0 Å². The van der Waals surface area contributed by atoms with Gasteiger partial charge in [-0.1, -0.05) is 0 Å². The van der Waals surface area contributed by atoms with Crippen molar-refractivity contribution >= 4 is 15.7 Å². The molecule has 1 aromatic rings. The van der Waals surface area contributed by atoms with E-state index in [9.17, 15) is 17.6 Å². The van der Waals surface area contributed by atoms with Gasteiger partial charge in [-0.15, -0.1) is 0 Å². The van der Waals surface area contributed by atoms with Crippen molar-refractivity contribution in [2.45, 2.75) is 36.5 Å². The number of hydrogen-bond donors (Lipinski definition) is 1. The van der Waals surface area contributed by atoms with Gasteiger partial charge in [-0.2, -0.15) is 0 Å². The van der Waals surface area contributed by atoms with Gasteiger partial charge in [0.1, 0.15) is 5.82 Å². The summed E-state index contributed by atoms with van der Waals surface area (Å²) in [5.41, 5.74) is 0. The van der Waals surface area contributed by atoms with Crippen molar-refractivity contribution in [3.8, 4) is 0 Å². The summed E-state index contributed by atoms with van der Waals surface area (Å²) in [5, 5.41) is 2.40. The highest BCUT2D eigenvalue weighted by Crippen LogP contribution is 2.19. The van der Waals surface area contributed by atoms with Crippen LogP contribution in [0.15, 0.2) is 29.2 Å². The molecule has 22 heavy (non-hydrogen) atoms. The number of halogens is 1. The lowest BCUT2D eigenvalue weighted by atomic mass is 10.2. The quantitative estimate of drug-likeness (QED) is 0.844. The van der Waals surface area contributed by atoms with E-state index in [0.29, 0.717) is 19.6 Å². The van der Waals surface area contributed by atoms with E-state index in [1.165, 1.54) is 19.1 Å². The summed E-state index contributed by atoms with van der Waals surface area (Å²) >= 11 is 0. The highest BCUT2D eigenvalue weighted by molar-refractivity contribution is 7.92. The molecule has 1 N–H and O–H groups in total. The predicted octanol–water partition coefficient (Wildman–Crippen LogP) is 1.20. The highest BCUT2D eigenvalue weighted by atomic mass is 32.2. The number of piperazine rings is 1. The van der Waals surface area contributed by atoms with Crippen molar-refractivity contribution in [3.05, 3.63) is 30.1 Å². The van der Waals surface area contributed by atoms with E-state index in [1.54, 1.807) is 4.90 Å². The van der Waals surface area contributed by atoms with Crippen LogP contribution in [-0.2, 0) is 14.6 Å². The monoisotopic (exact) mass is 328 g/mol. The zero-order valence-electron chi connectivity index (χ0n) is 12.8. The fraction of sp³-hybridized carbons (Fsp3) is 0.533. The van der Waals surface area contributed by atoms with E-state index in [2.05, 4.69) is 5.32 Å². The van der Waals surface area contributed by atoms with Gasteiger partial charge in [-0.3, -0.25) is 4.79 Å². The Morgan fingerprint density at radius 1 is 1.41 bits per heavy atom. The minimum absolute atomic E-state index is 0.0443. The van der Waals surface area contributed by atoms with Gasteiger partial charge in [-0.25, -0.2) is 12.8 Å². The molecule has 1 aliphatic rings. The second-order valence-electron chi connectivity index (χ2n) is 5.71. The predicted molar refractivity (Wildman–Crippen MR) is 81.7 cm³/mol. The fourth-order valence-electron chi connectivity index (χ4n) is 2.50. The molecule has 2 rings (SSSR count). The Hall–Kier alpha value is -1.47. The molecule has 122 valence electrons. The minimum Gasteiger partial charge on any atom is -0.340 e. The van der Waals surface area contributed by atoms with Crippen LogP contribution in [0.5, 0.6) is 0 Å². The smallest absolute Gasteiger partial charge is 0.223 e. The normalized spacial score (nSPS) is 20.7. The van der Waals surface area contributed by atoms with Gasteiger partial charge in [0.15, 0.2) is 9.84 Å². The Bertz CT molecular complexity index is 631. The largest absolute Gasteiger partial charge is 0.340 e. The van der Waals surface area contributed by atoms with E-state index in [1.807, 2.05) is 6.92 Å². The standard InChI is InChI=1S/C15H21FN2O3S/c1-11-10-18(8-7-17-11)15(19)9-12(2)22(20,21)14-5-3-13(16)4-6-14/h3-6,11-12,17H,7-10H2,1-2H3/t11-,12+/m1/s1. The number of hydrogen-bond acceptors (Lipinski definition) is 4. The summed E-state index contributed by atoms with van der Waals surface area (Å²) in [7, 11) is -3.63. The summed E-state index contributed by atoms with van der Waals surface area (Å²) in [5.74, 6) is -0.649. The Labute approximate surface area is 130 Å². The lowest BCUT2D eigenvalue weighted by Gasteiger charge is -2.32. The van der Waals surface area contributed by atoms with E-state index in [0.717, 1.165) is 12.1 Å². The number of amides is 1. The van der Waals surface area contributed by atoms with E-state index in [4.69, 9.17) is 0 Å². The molecular formula is C15H21FN2O3S. The molecule has 2 atom stereocenters. The number of nitrogens with one attached hydrogen (secondary N) is 1. The van der Waals surface area contributed by atoms with Crippen LogP contribution in [0.1, 0.15) is 20.3 Å². The molecule has 5 nitrogen and oxygen atoms in total. The first-order valence-corrected chi connectivity index (χ1v) is 8.86. The van der Waals surface area contributed by atoms with Crippen LogP contribution in [-0.4, -0.2) is 50.2 Å². The lowest BCUT2D eigenvalue weighted by Crippen LogP contribution is -2.51. The molecule has 0 bridgehead atoms. The van der Waals surface area contributed by atoms with Crippen LogP contribution in [0, 0.1) is 5.82 Å². The maximum atomic E-state index is 12.9. The number of rotatable bonds is 4. The van der Waals surface area contributed by atoms with Gasteiger partial charge < -0.3 is 10.2 Å². The first-order chi connectivity index (χ1) is 10.3. The van der Waals surface area contributed by atoms with Gasteiger partial charge in [0.2, 0.25) is 5.91 Å². The summed E-state index contributed by atoms with van der Waals surface area (Å²) in [6, 6.07) is 4.90. The zero-order chi connectivity index (χ0) is 16.3. The first kappa shape index (κ1) is 16.9. The molecule has 1 aromatic carbocycles. The third-order valence-electron chi connectivity index (χ3n) is 3.86. The average molecular weight is 328 g/mol. The molecule has 1 saturated heterocycles. The third-order valence-corrected chi connectivity index (χ3v) is 6.01. The van der Waals surface area contributed by atoms with Gasteiger partial charge in [0, 0.05) is 32.1 Å². The summed E-state index contributed by atoms with van der Waals surface area (Å²) in [6.45, 7) is 5.39. The highest BCUT2D eigenvalue weighted by Gasteiger charge is 2.29. The second-order valence-corrected chi connectivity index (χ2v) is 8.07. The van der Waals surface area contributed by atoms with Gasteiger partial charge in [-0.05, 0) is 38.1 Å². The molecule has 0 spiro atoms. The van der Waals surface area contributed by atoms with Gasteiger partial charge in [0.25, 0.3) is 0 Å². The van der Waals surface area contributed by atoms with Crippen LogP contribution < -0.4 is 5.32 Å². The van der Waals surface area contributed by atoms with Crippen LogP contribution in [0.25, 0.3) is 0 Å². The minimum atomic E-state index is -3.63. The Morgan fingerprint density at radius 2 is 2.05 bits per heavy atom. The number of benzene rings is 1. The van der Waals surface area contributed by atoms with Crippen molar-refractivity contribution in [1.82, 2.24) is 10.2 Å². The van der Waals surface area contributed by atoms with Gasteiger partial charge in [0.05, 0.1) is 10.1 Å². The summed E-state index contributed by atoms with van der Waals surface area (Å²) in [4.78, 5) is 14.0. The molecule has 0 aliphatic carbocycles. The molecule has 0 unspecified atom stereocenters. The molecule has 0 saturated carbocycles. The van der Waals surface area contributed by atoms with E-state index in [-0.39, 0.29) is 23.3 Å². The number of nitrogens with zero attached hydrogens (tertiary/aromatic N) is 1. The summed E-state index contributed by atoms with van der Waals surface area (Å²) < 4.78 is 37.7. The Balaban J connectivity index is 2.05. The number of sulfone groups is 1. The van der Waals surface area contributed by atoms with Crippen LogP contribution in [0.2, 0.25) is 0 Å². The Morgan fingerprint density at radius 3 is 2.64 bits per heavy atom. The Kier molecular flexibility index (Phi) is 5.18. The molecule has 1 fully saturated rings. The number of carbonyl (C=O) groups excluding carboxylic acids is 1. The van der Waals surface area contributed by atoms with Crippen molar-refractivity contribution in [3.63, 3.8) is 0 Å². The molecule has 1 heterocycles. The molecule has 1 aliphatic heterocycles. The van der Waals surface area contributed by atoms with Gasteiger partial charge >= 0.3 is 0 Å². The summed E-state index contributed by atoms with van der Waals surface area (Å²) in [6.07, 6.45) is -0.0631. The van der Waals surface area contributed by atoms with Crippen LogP contribution in [0.4, 0.5) is 4.39 Å². The molecule has 7 heteroatoms. The van der Waals surface area contributed by atoms with Crippen molar-refractivity contribution in [1.29, 1.82) is 0 Å². The maximum absolute atomic E-state index is 12.9. The molecule has 0 radical (unpaired) electrons. The van der Waals surface area contributed by atoms with Crippen LogP contribution in [0.3, 0.4) is 0 Å². The van der Waals surface area contributed by atoms with E-state index < -0.39 is 20.9 Å². The zero-order valence-corrected chi connectivity index (χ0v) is 13.6. The van der Waals surface area contributed by atoms with Crippen LogP contribution >= 0.6 is 0 Å². The molecular weight excluding hydrogens is 307 g/mol. The average Bonchev–Trinajstić information content (AvgIpc) is 2.47. The number of carbonyl (C=O) groups is 1. The lowest BCUT2D eigenvalue weighted by molar-refractivity contribution is -0.132. The third kappa shape index (κ3) is 3.84. The first-order valence-electron chi connectivity index (χ1n) is 7.31. The maximum Gasteiger partial charge on any atom is 0.223 e. The van der Waals surface area contributed by atoms with Crippen molar-refractivity contribution in [2.24, 2.45) is 0 Å². The fourth-order valence-corrected chi connectivity index (χ4v) is 3.84. The topological polar surface area (TPSA) is 66.5 Å². The molecule has 1 amide bonds. The molecule has 0 aromatic heterocycles. The van der Waals surface area contributed by atoms with Crippen molar-refractivity contribution in [2.75, 3.05) is 19.6 Å². The second kappa shape index (κ2) is 6.75. The SMILES string of the molecule is C[C@@H]1CN(C(=O)C[C@H](C)S(=O)(=O)c2ccc(F)cc2)CCN1.